The third kappa shape index (κ3) is 5.59. The second kappa shape index (κ2) is 9.57. The van der Waals surface area contributed by atoms with E-state index in [4.69, 9.17) is 4.74 Å². The minimum absolute atomic E-state index is 0. The molecule has 6 nitrogen and oxygen atoms in total. The molecule has 1 fully saturated rings. The lowest BCUT2D eigenvalue weighted by Gasteiger charge is -2.21. The van der Waals surface area contributed by atoms with Crippen molar-refractivity contribution >= 4 is 46.2 Å². The number of halogens is 1. The van der Waals surface area contributed by atoms with E-state index in [-0.39, 0.29) is 24.0 Å². The molecule has 134 valence electrons. The molecule has 0 bridgehead atoms. The van der Waals surface area contributed by atoms with Crippen LogP contribution in [-0.2, 0) is 11.3 Å². The van der Waals surface area contributed by atoms with Gasteiger partial charge in [-0.15, -0.1) is 35.3 Å². The Morgan fingerprint density at radius 2 is 2.38 bits per heavy atom. The van der Waals surface area contributed by atoms with Crippen molar-refractivity contribution in [2.24, 2.45) is 10.9 Å². The van der Waals surface area contributed by atoms with Gasteiger partial charge < -0.3 is 15.0 Å². The molecule has 1 aliphatic rings. The van der Waals surface area contributed by atoms with E-state index >= 15 is 0 Å². The van der Waals surface area contributed by atoms with E-state index in [0.29, 0.717) is 6.54 Å². The number of nitrogens with one attached hydrogen (secondary N) is 1. The van der Waals surface area contributed by atoms with Gasteiger partial charge in [-0.25, -0.2) is 9.98 Å². The summed E-state index contributed by atoms with van der Waals surface area (Å²) in [5.41, 5.74) is 0.991. The molecular formula is C16H26IN5OS. The van der Waals surface area contributed by atoms with Crippen molar-refractivity contribution in [3.63, 3.8) is 0 Å². The van der Waals surface area contributed by atoms with Crippen molar-refractivity contribution in [2.45, 2.75) is 26.3 Å². The minimum Gasteiger partial charge on any atom is -0.379 e. The number of nitrogens with zero attached hydrogens (tertiary/aromatic N) is 4. The van der Waals surface area contributed by atoms with Crippen LogP contribution in [0.3, 0.4) is 0 Å². The van der Waals surface area contributed by atoms with Crippen LogP contribution in [0.15, 0.2) is 22.8 Å². The molecule has 0 aliphatic heterocycles. The summed E-state index contributed by atoms with van der Waals surface area (Å²) in [6.45, 7) is 6.02. The van der Waals surface area contributed by atoms with Crippen LogP contribution in [0.2, 0.25) is 0 Å². The number of ether oxygens (including phenoxy) is 1. The summed E-state index contributed by atoms with van der Waals surface area (Å²) in [4.78, 5) is 12.4. The second-order valence-corrected chi connectivity index (χ2v) is 6.81. The number of thiazole rings is 1. The molecule has 2 aromatic rings. The maximum atomic E-state index is 5.71. The molecule has 24 heavy (non-hydrogen) atoms. The summed E-state index contributed by atoms with van der Waals surface area (Å²) in [5, 5.41) is 5.37. The highest BCUT2D eigenvalue weighted by Crippen LogP contribution is 2.28. The predicted octanol–water partition coefficient (Wildman–Crippen LogP) is 2.84. The average molecular weight is 463 g/mol. The van der Waals surface area contributed by atoms with Gasteiger partial charge in [-0.3, -0.25) is 4.40 Å². The Kier molecular flexibility index (Phi) is 7.76. The maximum Gasteiger partial charge on any atom is 0.194 e. The lowest BCUT2D eigenvalue weighted by molar-refractivity contribution is 0.115. The number of aliphatic imine (C=N–C) groups is 1. The smallest absolute Gasteiger partial charge is 0.194 e. The molecule has 0 saturated heterocycles. The average Bonchev–Trinajstić information content (AvgIpc) is 3.13. The van der Waals surface area contributed by atoms with E-state index in [1.165, 1.54) is 12.8 Å². The Morgan fingerprint density at radius 1 is 1.54 bits per heavy atom. The molecule has 2 heterocycles. The largest absolute Gasteiger partial charge is 0.379 e. The summed E-state index contributed by atoms with van der Waals surface area (Å²) in [7, 11) is 2.05. The lowest BCUT2D eigenvalue weighted by atomic mass is 10.4. The topological polar surface area (TPSA) is 54.2 Å². The number of rotatable bonds is 8. The van der Waals surface area contributed by atoms with Crippen LogP contribution in [0.5, 0.6) is 0 Å². The van der Waals surface area contributed by atoms with Crippen molar-refractivity contribution in [3.05, 3.63) is 23.5 Å². The van der Waals surface area contributed by atoms with Gasteiger partial charge in [-0.1, -0.05) is 0 Å². The molecule has 0 amide bonds. The first kappa shape index (κ1) is 19.5. The minimum atomic E-state index is 0. The van der Waals surface area contributed by atoms with Gasteiger partial charge in [0.15, 0.2) is 10.9 Å². The number of likely N-dealkylation sites (N-methyl/N-ethyl adjacent to an activating group) is 1. The summed E-state index contributed by atoms with van der Waals surface area (Å²) in [5.74, 6) is 1.72. The summed E-state index contributed by atoms with van der Waals surface area (Å²) >= 11 is 1.64. The number of hydrogen-bond acceptors (Lipinski definition) is 4. The second-order valence-electron chi connectivity index (χ2n) is 5.94. The quantitative estimate of drug-likeness (QED) is 0.283. The first-order valence-electron chi connectivity index (χ1n) is 8.24. The van der Waals surface area contributed by atoms with Gasteiger partial charge in [0, 0.05) is 44.5 Å². The van der Waals surface area contributed by atoms with Crippen molar-refractivity contribution in [1.82, 2.24) is 19.6 Å². The number of imidazole rings is 1. The predicted molar refractivity (Wildman–Crippen MR) is 109 cm³/mol. The zero-order valence-corrected chi connectivity index (χ0v) is 17.4. The molecule has 0 aromatic carbocycles. The normalized spacial score (nSPS) is 14.7. The van der Waals surface area contributed by atoms with Crippen LogP contribution in [0.1, 0.15) is 25.5 Å². The molecule has 8 heteroatoms. The zero-order valence-electron chi connectivity index (χ0n) is 14.3. The molecule has 2 aromatic heterocycles. The molecule has 0 unspecified atom stereocenters. The molecule has 3 rings (SSSR count). The molecule has 1 aliphatic carbocycles. The van der Waals surface area contributed by atoms with E-state index in [0.717, 1.165) is 48.8 Å². The van der Waals surface area contributed by atoms with E-state index in [1.54, 1.807) is 11.3 Å². The summed E-state index contributed by atoms with van der Waals surface area (Å²) < 4.78 is 7.75. The monoisotopic (exact) mass is 463 g/mol. The van der Waals surface area contributed by atoms with Crippen LogP contribution in [0.4, 0.5) is 0 Å². The van der Waals surface area contributed by atoms with Gasteiger partial charge in [0.2, 0.25) is 0 Å². The van der Waals surface area contributed by atoms with Crippen LogP contribution in [-0.4, -0.2) is 53.6 Å². The number of guanidine groups is 1. The molecule has 1 N–H and O–H groups in total. The van der Waals surface area contributed by atoms with Crippen molar-refractivity contribution in [3.8, 4) is 0 Å². The van der Waals surface area contributed by atoms with Gasteiger partial charge in [-0.2, -0.15) is 0 Å². The van der Waals surface area contributed by atoms with Gasteiger partial charge in [-0.05, 0) is 25.7 Å². The van der Waals surface area contributed by atoms with E-state index in [9.17, 15) is 0 Å². The van der Waals surface area contributed by atoms with Crippen molar-refractivity contribution in [2.75, 3.05) is 33.4 Å². The molecule has 0 spiro atoms. The van der Waals surface area contributed by atoms with Crippen LogP contribution >= 0.6 is 35.3 Å². The standard InChI is InChI=1S/C16H25N5OS.HI/c1-3-17-15(20(2)6-8-22-12-13-4-5-13)18-10-14-11-21-7-9-23-16(21)19-14;/h7,9,11,13H,3-6,8,10,12H2,1-2H3,(H,17,18);1H. The maximum absolute atomic E-state index is 5.71. The summed E-state index contributed by atoms with van der Waals surface area (Å²) in [6, 6.07) is 0. The Labute approximate surface area is 164 Å². The number of aromatic nitrogens is 2. The Hall–Kier alpha value is -0.870. The van der Waals surface area contributed by atoms with Crippen LogP contribution in [0, 0.1) is 5.92 Å². The fourth-order valence-electron chi connectivity index (χ4n) is 2.32. The molecule has 1 saturated carbocycles. The van der Waals surface area contributed by atoms with Crippen LogP contribution in [0.25, 0.3) is 4.96 Å². The fraction of sp³-hybridized carbons (Fsp3) is 0.625. The summed E-state index contributed by atoms with van der Waals surface area (Å²) in [6.07, 6.45) is 6.73. The van der Waals surface area contributed by atoms with Gasteiger partial charge in [0.05, 0.1) is 18.8 Å². The third-order valence-corrected chi connectivity index (χ3v) is 4.62. The molecular weight excluding hydrogens is 437 g/mol. The van der Waals surface area contributed by atoms with Crippen molar-refractivity contribution < 1.29 is 4.74 Å². The van der Waals surface area contributed by atoms with Crippen LogP contribution < -0.4 is 5.32 Å². The highest BCUT2D eigenvalue weighted by atomic mass is 127. The molecule has 0 atom stereocenters. The number of hydrogen-bond donors (Lipinski definition) is 1. The van der Waals surface area contributed by atoms with Gasteiger partial charge in [0.1, 0.15) is 0 Å². The zero-order chi connectivity index (χ0) is 16.1. The first-order chi connectivity index (χ1) is 11.3. The Balaban J connectivity index is 0.00000208. The van der Waals surface area contributed by atoms with E-state index in [2.05, 4.69) is 27.1 Å². The van der Waals surface area contributed by atoms with Gasteiger partial charge >= 0.3 is 0 Å². The first-order valence-corrected chi connectivity index (χ1v) is 9.12. The van der Waals surface area contributed by atoms with Crippen molar-refractivity contribution in [1.29, 1.82) is 0 Å². The molecule has 0 radical (unpaired) electrons. The highest BCUT2D eigenvalue weighted by Gasteiger charge is 2.21. The fourth-order valence-corrected chi connectivity index (χ4v) is 3.04. The SMILES string of the molecule is CCNC(=NCc1cn2ccsc2n1)N(C)CCOCC1CC1.I. The Bertz CT molecular complexity index is 623. The highest BCUT2D eigenvalue weighted by molar-refractivity contribution is 14.0. The van der Waals surface area contributed by atoms with E-state index < -0.39 is 0 Å². The lowest BCUT2D eigenvalue weighted by Crippen LogP contribution is -2.40. The number of fused-ring (bicyclic) bond motifs is 1. The van der Waals surface area contributed by atoms with Gasteiger partial charge in [0.25, 0.3) is 0 Å². The van der Waals surface area contributed by atoms with E-state index in [1.807, 2.05) is 29.2 Å². The Morgan fingerprint density at radius 3 is 3.08 bits per heavy atom. The third-order valence-electron chi connectivity index (χ3n) is 3.85.